The fraction of sp³-hybridized carbons (Fsp3) is 0.214. The number of nitrogens with one attached hydrogen (secondary N) is 1. The molecule has 1 aromatic carbocycles. The first kappa shape index (κ1) is 12.9. The van der Waals surface area contributed by atoms with Crippen molar-refractivity contribution in [1.82, 2.24) is 4.98 Å². The summed E-state index contributed by atoms with van der Waals surface area (Å²) in [6, 6.07) is 9.64. The quantitative estimate of drug-likeness (QED) is 0.879. The van der Waals surface area contributed by atoms with E-state index in [0.717, 1.165) is 10.0 Å². The van der Waals surface area contributed by atoms with Crippen molar-refractivity contribution in [3.05, 3.63) is 57.2 Å². The molecule has 1 aliphatic rings. The van der Waals surface area contributed by atoms with Crippen molar-refractivity contribution in [2.24, 2.45) is 0 Å². The average Bonchev–Trinajstić information content (AvgIpc) is 2.69. The van der Waals surface area contributed by atoms with Gasteiger partial charge in [0.2, 0.25) is 0 Å². The molecular formula is C14H12BrClN2O. The number of nitrogens with zero attached hydrogens (tertiary/aromatic N) is 1. The number of aliphatic hydroxyl groups is 1. The van der Waals surface area contributed by atoms with Crippen LogP contribution in [0.1, 0.15) is 17.2 Å². The third kappa shape index (κ3) is 2.48. The van der Waals surface area contributed by atoms with Crippen LogP contribution >= 0.6 is 27.5 Å². The summed E-state index contributed by atoms with van der Waals surface area (Å²) in [5.74, 6) is 0.589. The van der Waals surface area contributed by atoms with E-state index in [0.29, 0.717) is 17.3 Å². The zero-order chi connectivity index (χ0) is 13.4. The Kier molecular flexibility index (Phi) is 3.48. The highest BCUT2D eigenvalue weighted by Crippen LogP contribution is 2.35. The number of aliphatic hydroxyl groups excluding tert-OH is 1. The standard InChI is InChI=1S/C14H12BrClN2O/c15-9-6-11(16)14(17-7-9)18-13-10-4-2-1-3-8(10)5-12(13)19/h1-4,6-7,12-13,19H,5H2,(H,17,18)/t12-,13-/m1/s1. The second-order valence-electron chi connectivity index (χ2n) is 4.58. The van der Waals surface area contributed by atoms with E-state index in [1.54, 1.807) is 12.3 Å². The van der Waals surface area contributed by atoms with Crippen LogP contribution in [0.25, 0.3) is 0 Å². The molecule has 0 saturated carbocycles. The van der Waals surface area contributed by atoms with Crippen LogP contribution in [-0.4, -0.2) is 16.2 Å². The maximum Gasteiger partial charge on any atom is 0.145 e. The van der Waals surface area contributed by atoms with Gasteiger partial charge in [0, 0.05) is 17.1 Å². The average molecular weight is 340 g/mol. The molecule has 1 heterocycles. The van der Waals surface area contributed by atoms with Gasteiger partial charge < -0.3 is 10.4 Å². The van der Waals surface area contributed by atoms with Gasteiger partial charge in [-0.25, -0.2) is 4.98 Å². The first-order valence-electron chi connectivity index (χ1n) is 5.98. The molecule has 19 heavy (non-hydrogen) atoms. The second-order valence-corrected chi connectivity index (χ2v) is 5.90. The predicted molar refractivity (Wildman–Crippen MR) is 79.5 cm³/mol. The fourth-order valence-electron chi connectivity index (χ4n) is 2.42. The number of halogens is 2. The summed E-state index contributed by atoms with van der Waals surface area (Å²) in [6.45, 7) is 0. The van der Waals surface area contributed by atoms with Crippen LogP contribution in [0.15, 0.2) is 41.0 Å². The van der Waals surface area contributed by atoms with Gasteiger partial charge in [0.05, 0.1) is 17.2 Å². The summed E-state index contributed by atoms with van der Waals surface area (Å²) in [7, 11) is 0. The molecule has 0 radical (unpaired) electrons. The Morgan fingerprint density at radius 2 is 2.16 bits per heavy atom. The highest BCUT2D eigenvalue weighted by molar-refractivity contribution is 9.10. The minimum atomic E-state index is -0.459. The first-order valence-corrected chi connectivity index (χ1v) is 7.15. The van der Waals surface area contributed by atoms with Crippen molar-refractivity contribution >= 4 is 33.3 Å². The third-order valence-electron chi connectivity index (χ3n) is 3.30. The van der Waals surface area contributed by atoms with Crippen molar-refractivity contribution < 1.29 is 5.11 Å². The Morgan fingerprint density at radius 3 is 2.95 bits per heavy atom. The molecule has 2 N–H and O–H groups in total. The molecule has 0 amide bonds. The van der Waals surface area contributed by atoms with Crippen LogP contribution in [0.5, 0.6) is 0 Å². The Balaban J connectivity index is 1.91. The lowest BCUT2D eigenvalue weighted by atomic mass is 10.1. The van der Waals surface area contributed by atoms with Gasteiger partial charge in [-0.15, -0.1) is 0 Å². The summed E-state index contributed by atoms with van der Waals surface area (Å²) in [4.78, 5) is 4.25. The van der Waals surface area contributed by atoms with E-state index in [1.807, 2.05) is 24.3 Å². The molecular weight excluding hydrogens is 328 g/mol. The number of anilines is 1. The number of aromatic nitrogens is 1. The zero-order valence-corrected chi connectivity index (χ0v) is 12.3. The Labute approximate surface area is 124 Å². The van der Waals surface area contributed by atoms with E-state index in [1.165, 1.54) is 5.56 Å². The summed E-state index contributed by atoms with van der Waals surface area (Å²) in [5.41, 5.74) is 2.27. The summed E-state index contributed by atoms with van der Waals surface area (Å²) in [6.07, 6.45) is 1.88. The van der Waals surface area contributed by atoms with Gasteiger partial charge in [-0.2, -0.15) is 0 Å². The topological polar surface area (TPSA) is 45.1 Å². The molecule has 0 bridgehead atoms. The smallest absolute Gasteiger partial charge is 0.145 e. The minimum absolute atomic E-state index is 0.164. The molecule has 1 aromatic heterocycles. The predicted octanol–water partition coefficient (Wildman–Crippen LogP) is 3.57. The normalized spacial score (nSPS) is 21.2. The number of pyridine rings is 1. The maximum atomic E-state index is 10.2. The van der Waals surface area contributed by atoms with E-state index in [-0.39, 0.29) is 6.04 Å². The zero-order valence-electron chi connectivity index (χ0n) is 9.98. The van der Waals surface area contributed by atoms with Gasteiger partial charge in [0.15, 0.2) is 0 Å². The Bertz CT molecular complexity index is 620. The summed E-state index contributed by atoms with van der Waals surface area (Å²) >= 11 is 9.47. The monoisotopic (exact) mass is 338 g/mol. The molecule has 0 fully saturated rings. The SMILES string of the molecule is O[C@@H]1Cc2ccccc2[C@H]1Nc1ncc(Br)cc1Cl. The van der Waals surface area contributed by atoms with Gasteiger partial charge in [-0.1, -0.05) is 35.9 Å². The number of hydrogen-bond donors (Lipinski definition) is 2. The first-order chi connectivity index (χ1) is 9.15. The van der Waals surface area contributed by atoms with Crippen molar-refractivity contribution in [1.29, 1.82) is 0 Å². The molecule has 2 aromatic rings. The molecule has 3 rings (SSSR count). The lowest BCUT2D eigenvalue weighted by Crippen LogP contribution is -2.21. The van der Waals surface area contributed by atoms with Crippen LogP contribution in [0.4, 0.5) is 5.82 Å². The Hall–Kier alpha value is -1.10. The van der Waals surface area contributed by atoms with Crippen LogP contribution in [-0.2, 0) is 6.42 Å². The van der Waals surface area contributed by atoms with E-state index < -0.39 is 6.10 Å². The molecule has 3 nitrogen and oxygen atoms in total. The van der Waals surface area contributed by atoms with Gasteiger partial charge in [-0.3, -0.25) is 0 Å². The van der Waals surface area contributed by atoms with Gasteiger partial charge in [0.25, 0.3) is 0 Å². The van der Waals surface area contributed by atoms with Crippen molar-refractivity contribution in [2.75, 3.05) is 5.32 Å². The van der Waals surface area contributed by atoms with Gasteiger partial charge in [-0.05, 0) is 33.1 Å². The largest absolute Gasteiger partial charge is 0.390 e. The van der Waals surface area contributed by atoms with Gasteiger partial charge in [0.1, 0.15) is 5.82 Å². The van der Waals surface area contributed by atoms with Crippen LogP contribution < -0.4 is 5.32 Å². The minimum Gasteiger partial charge on any atom is -0.390 e. The number of hydrogen-bond acceptors (Lipinski definition) is 3. The van der Waals surface area contributed by atoms with Crippen LogP contribution in [0, 0.1) is 0 Å². The highest BCUT2D eigenvalue weighted by Gasteiger charge is 2.31. The van der Waals surface area contributed by atoms with Crippen molar-refractivity contribution in [2.45, 2.75) is 18.6 Å². The molecule has 98 valence electrons. The second kappa shape index (κ2) is 5.12. The van der Waals surface area contributed by atoms with E-state index in [9.17, 15) is 5.11 Å². The molecule has 0 aliphatic heterocycles. The lowest BCUT2D eigenvalue weighted by Gasteiger charge is -2.19. The van der Waals surface area contributed by atoms with E-state index in [4.69, 9.17) is 11.6 Å². The van der Waals surface area contributed by atoms with Crippen molar-refractivity contribution in [3.8, 4) is 0 Å². The van der Waals surface area contributed by atoms with Crippen LogP contribution in [0.3, 0.4) is 0 Å². The molecule has 0 saturated heterocycles. The molecule has 0 unspecified atom stereocenters. The lowest BCUT2D eigenvalue weighted by molar-refractivity contribution is 0.165. The molecule has 0 spiro atoms. The number of benzene rings is 1. The Morgan fingerprint density at radius 1 is 1.37 bits per heavy atom. The number of rotatable bonds is 2. The van der Waals surface area contributed by atoms with Crippen LogP contribution in [0.2, 0.25) is 5.02 Å². The summed E-state index contributed by atoms with van der Waals surface area (Å²) < 4.78 is 0.829. The third-order valence-corrected chi connectivity index (χ3v) is 4.03. The van der Waals surface area contributed by atoms with E-state index >= 15 is 0 Å². The fourth-order valence-corrected chi connectivity index (χ4v) is 3.10. The maximum absolute atomic E-state index is 10.2. The summed E-state index contributed by atoms with van der Waals surface area (Å²) in [5, 5.41) is 13.9. The molecule has 5 heteroatoms. The number of fused-ring (bicyclic) bond motifs is 1. The van der Waals surface area contributed by atoms with Gasteiger partial charge >= 0.3 is 0 Å². The molecule has 1 aliphatic carbocycles. The van der Waals surface area contributed by atoms with E-state index in [2.05, 4.69) is 26.2 Å². The van der Waals surface area contributed by atoms with Crippen molar-refractivity contribution in [3.63, 3.8) is 0 Å². The molecule has 2 atom stereocenters. The highest BCUT2D eigenvalue weighted by atomic mass is 79.9.